The summed E-state index contributed by atoms with van der Waals surface area (Å²) < 4.78 is 2.43. The van der Waals surface area contributed by atoms with Gasteiger partial charge in [-0.25, -0.2) is 0 Å². The fraction of sp³-hybridized carbons (Fsp3) is 0. The Morgan fingerprint density at radius 1 is 0.393 bits per heavy atom. The number of hydrogen-bond donors (Lipinski definition) is 0. The van der Waals surface area contributed by atoms with E-state index >= 15 is 0 Å². The van der Waals surface area contributed by atoms with Crippen LogP contribution in [-0.2, 0) is 0 Å². The number of nitrogens with zero attached hydrogens (tertiary/aromatic N) is 4. The van der Waals surface area contributed by atoms with Gasteiger partial charge in [0.15, 0.2) is 0 Å². The third-order valence-corrected chi connectivity index (χ3v) is 26.2. The molecule has 288 valence electrons. The van der Waals surface area contributed by atoms with Crippen LogP contribution in [0.5, 0.6) is 0 Å². The maximum atomic E-state index is 5.63. The van der Waals surface area contributed by atoms with Crippen molar-refractivity contribution in [3.63, 3.8) is 0 Å². The van der Waals surface area contributed by atoms with Crippen LogP contribution in [-0.4, -0.2) is 49.5 Å². The molecular formula is C53H34N4P2Se2. The van der Waals surface area contributed by atoms with Crippen molar-refractivity contribution in [3.8, 4) is 0 Å². The van der Waals surface area contributed by atoms with E-state index in [0.29, 0.717) is 0 Å². The van der Waals surface area contributed by atoms with Gasteiger partial charge in [0, 0.05) is 0 Å². The number of hydrogen-bond acceptors (Lipinski definition) is 3. The molecule has 0 saturated heterocycles. The number of benzene rings is 8. The van der Waals surface area contributed by atoms with Crippen molar-refractivity contribution in [1.29, 1.82) is 0 Å². The zero-order valence-corrected chi connectivity index (χ0v) is 37.8. The predicted molar refractivity (Wildman–Crippen MR) is 265 cm³/mol. The molecule has 12 aromatic rings. The Hall–Kier alpha value is -5.79. The van der Waals surface area contributed by atoms with Crippen LogP contribution in [0.25, 0.3) is 70.7 Å². The van der Waals surface area contributed by atoms with Gasteiger partial charge in [-0.15, -0.1) is 0 Å². The number of fused-ring (bicyclic) bond motifs is 13. The molecule has 4 aromatic heterocycles. The summed E-state index contributed by atoms with van der Waals surface area (Å²) in [5.74, 6) is 0. The Kier molecular flexibility index (Phi) is 8.74. The molecule has 0 aliphatic carbocycles. The average Bonchev–Trinajstić information content (AvgIpc) is 3.73. The van der Waals surface area contributed by atoms with E-state index in [1.807, 2.05) is 30.9 Å². The van der Waals surface area contributed by atoms with E-state index in [-0.39, 0.29) is 0 Å². The van der Waals surface area contributed by atoms with Crippen LogP contribution in [0.1, 0.15) is 0 Å². The van der Waals surface area contributed by atoms with Crippen LogP contribution in [0.4, 0.5) is 0 Å². The molecule has 0 aliphatic rings. The van der Waals surface area contributed by atoms with Crippen LogP contribution >= 0.6 is 11.0 Å². The van der Waals surface area contributed by atoms with Gasteiger partial charge in [-0.2, -0.15) is 0 Å². The van der Waals surface area contributed by atoms with Gasteiger partial charge in [0.25, 0.3) is 0 Å². The molecule has 0 N–H and O–H groups in total. The molecule has 8 heteroatoms. The van der Waals surface area contributed by atoms with Crippen molar-refractivity contribution in [2.24, 2.45) is 0 Å². The van der Waals surface area contributed by atoms with E-state index in [9.17, 15) is 0 Å². The van der Waals surface area contributed by atoms with Crippen molar-refractivity contribution < 1.29 is 0 Å². The van der Waals surface area contributed by atoms with E-state index in [4.69, 9.17) is 4.98 Å². The molecule has 2 unspecified atom stereocenters. The van der Waals surface area contributed by atoms with Gasteiger partial charge in [0.1, 0.15) is 0 Å². The minimum atomic E-state index is -2.37. The summed E-state index contributed by atoms with van der Waals surface area (Å²) in [5.41, 5.74) is -0.471. The Morgan fingerprint density at radius 2 is 1.05 bits per heavy atom. The third-order valence-electron chi connectivity index (χ3n) is 12.3. The van der Waals surface area contributed by atoms with Gasteiger partial charge >= 0.3 is 370 Å². The molecule has 12 rings (SSSR count). The summed E-state index contributed by atoms with van der Waals surface area (Å²) in [5, 5.41) is 18.5. The summed E-state index contributed by atoms with van der Waals surface area (Å²) in [6, 6.07) is 67.0. The Labute approximate surface area is 367 Å². The zero-order valence-electron chi connectivity index (χ0n) is 32.6. The second kappa shape index (κ2) is 14.4. The first-order valence-corrected chi connectivity index (χ1v) is 28.2. The fourth-order valence-electron chi connectivity index (χ4n) is 9.44. The first-order chi connectivity index (χ1) is 30.0. The molecule has 0 aliphatic heterocycles. The van der Waals surface area contributed by atoms with Gasteiger partial charge in [-0.05, 0) is 0 Å². The SMILES string of the molecule is [Se]=P(c1ccncc1)(c1cccnc1)c1ccc2c(c1)nc1c3c4ccccc4ccc3c3ccc(P(=[Se])(c4ccccc4)c4cc5ccccc5c5ccccc45)cc3n21. The quantitative estimate of drug-likeness (QED) is 0.0948. The normalized spacial score (nSPS) is 14.0. The fourth-order valence-corrected chi connectivity index (χ4v) is 19.5. The van der Waals surface area contributed by atoms with Crippen molar-refractivity contribution in [1.82, 2.24) is 19.4 Å². The molecule has 0 fully saturated rings. The van der Waals surface area contributed by atoms with Crippen LogP contribution in [0, 0.1) is 0 Å². The molecule has 2 atom stereocenters. The van der Waals surface area contributed by atoms with Gasteiger partial charge in [0.05, 0.1) is 0 Å². The molecule has 0 saturated carbocycles. The molecule has 0 amide bonds. The Bertz CT molecular complexity index is 3790. The number of pyridine rings is 3. The van der Waals surface area contributed by atoms with Gasteiger partial charge < -0.3 is 0 Å². The Morgan fingerprint density at radius 3 is 1.85 bits per heavy atom. The van der Waals surface area contributed by atoms with Crippen molar-refractivity contribution in [3.05, 3.63) is 207 Å². The standard InChI is InChI=1S/C53H34N4P2Se2/c60-58(38-26-29-54-30-27-38,41-15-10-28-55-34-41)39-22-25-49-48(32-39)56-53-52-43-17-7-4-11-35(43)20-23-47(52)45-24-21-40(33-50(45)57(49)53)59(61,37-13-2-1-3-14-37)51-31-36-12-5-6-16-42(36)44-18-8-9-19-46(44)51/h1-34H. The molecule has 8 aromatic carbocycles. The molecule has 0 spiro atoms. The molecule has 61 heavy (non-hydrogen) atoms. The van der Waals surface area contributed by atoms with Gasteiger partial charge in [0.2, 0.25) is 0 Å². The van der Waals surface area contributed by atoms with Crippen LogP contribution < -0.4 is 31.8 Å². The van der Waals surface area contributed by atoms with Crippen molar-refractivity contribution in [2.45, 2.75) is 0 Å². The summed E-state index contributed by atoms with van der Waals surface area (Å²) in [7, 11) is 0. The van der Waals surface area contributed by atoms with E-state index < -0.39 is 11.0 Å². The summed E-state index contributed by atoms with van der Waals surface area (Å²) in [4.78, 5) is 14.6. The summed E-state index contributed by atoms with van der Waals surface area (Å²) in [6.07, 6.45) is 7.60. The van der Waals surface area contributed by atoms with E-state index in [2.05, 4.69) is 220 Å². The van der Waals surface area contributed by atoms with E-state index in [0.717, 1.165) is 32.9 Å². The van der Waals surface area contributed by atoms with Gasteiger partial charge in [-0.3, -0.25) is 0 Å². The predicted octanol–water partition coefficient (Wildman–Crippen LogP) is 9.80. The summed E-state index contributed by atoms with van der Waals surface area (Å²) >= 11 is 7.64. The second-order valence-corrected chi connectivity index (χ2v) is 27.9. The number of aromatic nitrogens is 4. The number of imidazole rings is 1. The van der Waals surface area contributed by atoms with Gasteiger partial charge in [-0.1, -0.05) is 0 Å². The molecular weight excluding hydrogens is 912 g/mol. The van der Waals surface area contributed by atoms with Crippen molar-refractivity contribution in [2.75, 3.05) is 0 Å². The van der Waals surface area contributed by atoms with Crippen molar-refractivity contribution >= 4 is 144 Å². The zero-order chi connectivity index (χ0) is 40.7. The third kappa shape index (κ3) is 5.62. The van der Waals surface area contributed by atoms with Crippen LogP contribution in [0.2, 0.25) is 0 Å². The van der Waals surface area contributed by atoms with Crippen LogP contribution in [0.15, 0.2) is 207 Å². The molecule has 4 nitrogen and oxygen atoms in total. The monoisotopic (exact) mass is 948 g/mol. The Balaban J connectivity index is 1.20. The number of rotatable bonds is 6. The second-order valence-electron chi connectivity index (χ2n) is 15.5. The maximum absolute atomic E-state index is 5.63. The minimum absolute atomic E-state index is 0.954. The van der Waals surface area contributed by atoms with E-state index in [1.165, 1.54) is 69.6 Å². The summed E-state index contributed by atoms with van der Waals surface area (Å²) in [6.45, 7) is 0. The average molecular weight is 947 g/mol. The first-order valence-electron chi connectivity index (χ1n) is 20.2. The molecule has 0 radical (unpaired) electrons. The molecule has 4 heterocycles. The first kappa shape index (κ1) is 37.0. The molecule has 0 bridgehead atoms. The van der Waals surface area contributed by atoms with E-state index in [1.54, 1.807) is 0 Å². The van der Waals surface area contributed by atoms with Crippen LogP contribution in [0.3, 0.4) is 0 Å². The topological polar surface area (TPSA) is 43.1 Å².